The summed E-state index contributed by atoms with van der Waals surface area (Å²) < 4.78 is 0. The molecule has 0 bridgehead atoms. The molecule has 0 unspecified atom stereocenters. The fourth-order valence-electron chi connectivity index (χ4n) is 3.33. The molecule has 2 aromatic carbocycles. The quantitative estimate of drug-likeness (QED) is 0.152. The SMILES string of the molecule is C1=C\CC/C=C\CC/1.C1=C\CC/C=C\CC/1.[O-]c1ccccc1C=NCCN=Cc1ccccc1[O-].[Rh].[Rh]. The number of rotatable bonds is 5. The molecule has 0 saturated heterocycles. The van der Waals surface area contributed by atoms with E-state index in [1.54, 1.807) is 48.8 Å². The topological polar surface area (TPSA) is 70.8 Å². The van der Waals surface area contributed by atoms with Crippen LogP contribution in [0.4, 0.5) is 0 Å². The van der Waals surface area contributed by atoms with Crippen molar-refractivity contribution in [2.45, 2.75) is 51.4 Å². The molecule has 2 radical (unpaired) electrons. The number of benzene rings is 2. The molecule has 0 heterocycles. The summed E-state index contributed by atoms with van der Waals surface area (Å²) in [6.07, 6.45) is 31.1. The van der Waals surface area contributed by atoms with Gasteiger partial charge in [0.05, 0.1) is 13.1 Å². The van der Waals surface area contributed by atoms with Crippen molar-refractivity contribution in [2.24, 2.45) is 9.98 Å². The average molecular weight is 688 g/mol. The number of nitrogens with zero attached hydrogens (tertiary/aromatic N) is 2. The minimum Gasteiger partial charge on any atom is -0.872 e. The molecule has 2 aromatic rings. The smallest absolute Gasteiger partial charge is 0.0585 e. The van der Waals surface area contributed by atoms with E-state index in [1.807, 2.05) is 0 Å². The van der Waals surface area contributed by atoms with Crippen LogP contribution in [0.15, 0.2) is 107 Å². The minimum atomic E-state index is -0.0416. The maximum absolute atomic E-state index is 11.4. The molecular formula is C32H38N2O2Rh2-2. The Bertz CT molecular complexity index is 908. The van der Waals surface area contributed by atoms with Gasteiger partial charge in [0.1, 0.15) is 0 Å². The number of aliphatic imine (C=N–C) groups is 2. The first-order valence-corrected chi connectivity index (χ1v) is 12.9. The van der Waals surface area contributed by atoms with Gasteiger partial charge < -0.3 is 10.2 Å². The van der Waals surface area contributed by atoms with E-state index in [4.69, 9.17) is 0 Å². The predicted octanol–water partition coefficient (Wildman–Crippen LogP) is 6.71. The van der Waals surface area contributed by atoms with Crippen LogP contribution < -0.4 is 10.2 Å². The third-order valence-corrected chi connectivity index (χ3v) is 5.32. The van der Waals surface area contributed by atoms with Gasteiger partial charge in [0, 0.05) is 51.4 Å². The predicted molar refractivity (Wildman–Crippen MR) is 150 cm³/mol. The zero-order valence-corrected chi connectivity index (χ0v) is 25.1. The molecular weight excluding hydrogens is 650 g/mol. The van der Waals surface area contributed by atoms with Crippen LogP contribution in [-0.2, 0) is 39.0 Å². The molecule has 0 amide bonds. The van der Waals surface area contributed by atoms with E-state index in [9.17, 15) is 10.2 Å². The standard InChI is InChI=1S/C16H16N2O2.2C8H12.2Rh/c19-15-7-3-1-5-13(15)11-17-9-10-18-12-14-6-2-4-8-16(14)20;2*1-2-4-6-8-7-5-3-1;;/h1-8,11-12,19-20H,9-10H2;2*1-2,7-8H,3-6H2;;/p-2/b;2*2-1-,8-7-;;. The van der Waals surface area contributed by atoms with Crippen molar-refractivity contribution < 1.29 is 49.2 Å². The number of hydrogen-bond acceptors (Lipinski definition) is 4. The fraction of sp³-hybridized carbons (Fsp3) is 0.312. The fourth-order valence-corrected chi connectivity index (χ4v) is 3.33. The van der Waals surface area contributed by atoms with Crippen LogP contribution in [0.1, 0.15) is 62.5 Å². The van der Waals surface area contributed by atoms with E-state index in [0.29, 0.717) is 24.2 Å². The molecule has 0 spiro atoms. The van der Waals surface area contributed by atoms with E-state index in [1.165, 1.54) is 63.5 Å². The molecule has 208 valence electrons. The second kappa shape index (κ2) is 24.9. The van der Waals surface area contributed by atoms with Crippen molar-refractivity contribution in [3.8, 4) is 11.5 Å². The molecule has 4 nitrogen and oxygen atoms in total. The van der Waals surface area contributed by atoms with Gasteiger partial charge in [-0.3, -0.25) is 9.98 Å². The van der Waals surface area contributed by atoms with Crippen molar-refractivity contribution in [1.82, 2.24) is 0 Å². The van der Waals surface area contributed by atoms with Crippen molar-refractivity contribution in [2.75, 3.05) is 13.1 Å². The minimum absolute atomic E-state index is 0. The first-order valence-electron chi connectivity index (χ1n) is 12.9. The first-order chi connectivity index (χ1) is 17.8. The number of para-hydroxylation sites is 2. The molecule has 0 saturated carbocycles. The molecule has 0 atom stereocenters. The van der Waals surface area contributed by atoms with Crippen LogP contribution >= 0.6 is 0 Å². The van der Waals surface area contributed by atoms with Crippen molar-refractivity contribution >= 4 is 12.4 Å². The van der Waals surface area contributed by atoms with Gasteiger partial charge in [-0.05, 0) is 62.5 Å². The Morgan fingerprint density at radius 3 is 1.00 bits per heavy atom. The largest absolute Gasteiger partial charge is 0.872 e. The zero-order valence-electron chi connectivity index (χ0n) is 21.8. The second-order valence-corrected chi connectivity index (χ2v) is 8.34. The Hall–Kier alpha value is -2.41. The summed E-state index contributed by atoms with van der Waals surface area (Å²) in [6, 6.07) is 13.5. The normalized spacial score (nSPS) is 17.8. The van der Waals surface area contributed by atoms with Crippen LogP contribution in [0.3, 0.4) is 0 Å². The maximum atomic E-state index is 11.4. The van der Waals surface area contributed by atoms with Crippen LogP contribution in [0.25, 0.3) is 0 Å². The van der Waals surface area contributed by atoms with Gasteiger partial charge in [-0.25, -0.2) is 0 Å². The zero-order chi connectivity index (χ0) is 25.5. The maximum Gasteiger partial charge on any atom is 0.0585 e. The van der Waals surface area contributed by atoms with Crippen molar-refractivity contribution in [3.05, 3.63) is 108 Å². The van der Waals surface area contributed by atoms with Crippen LogP contribution in [-0.4, -0.2) is 25.5 Å². The van der Waals surface area contributed by atoms with Crippen LogP contribution in [0, 0.1) is 0 Å². The molecule has 0 fully saturated rings. The van der Waals surface area contributed by atoms with Crippen LogP contribution in [0.5, 0.6) is 11.5 Å². The molecule has 4 rings (SSSR count). The summed E-state index contributed by atoms with van der Waals surface area (Å²) in [5, 5.41) is 22.8. The Balaban J connectivity index is 0.000000629. The monoisotopic (exact) mass is 688 g/mol. The van der Waals surface area contributed by atoms with Gasteiger partial charge in [-0.15, -0.1) is 11.5 Å². The molecule has 38 heavy (non-hydrogen) atoms. The molecule has 0 aromatic heterocycles. The number of hydrogen-bond donors (Lipinski definition) is 0. The summed E-state index contributed by atoms with van der Waals surface area (Å²) in [5.74, 6) is -0.0833. The number of allylic oxidation sites excluding steroid dienone is 8. The van der Waals surface area contributed by atoms with Gasteiger partial charge in [-0.1, -0.05) is 97.1 Å². The van der Waals surface area contributed by atoms with Crippen molar-refractivity contribution in [1.29, 1.82) is 0 Å². The molecule has 2 aliphatic rings. The van der Waals surface area contributed by atoms with E-state index in [0.717, 1.165) is 0 Å². The van der Waals surface area contributed by atoms with E-state index in [2.05, 4.69) is 58.6 Å². The van der Waals surface area contributed by atoms with E-state index in [-0.39, 0.29) is 50.5 Å². The first kappa shape index (κ1) is 35.6. The summed E-state index contributed by atoms with van der Waals surface area (Å²) in [6.45, 7) is 0.956. The molecule has 0 aliphatic heterocycles. The van der Waals surface area contributed by atoms with Crippen LogP contribution in [0.2, 0.25) is 0 Å². The third-order valence-electron chi connectivity index (χ3n) is 5.32. The Labute approximate surface area is 254 Å². The Morgan fingerprint density at radius 2 is 0.737 bits per heavy atom. The van der Waals surface area contributed by atoms with Crippen molar-refractivity contribution in [3.63, 3.8) is 0 Å². The summed E-state index contributed by atoms with van der Waals surface area (Å²) in [5.41, 5.74) is 1.14. The van der Waals surface area contributed by atoms with Gasteiger partial charge >= 0.3 is 0 Å². The van der Waals surface area contributed by atoms with E-state index < -0.39 is 0 Å². The molecule has 0 N–H and O–H groups in total. The second-order valence-electron chi connectivity index (χ2n) is 8.34. The summed E-state index contributed by atoms with van der Waals surface area (Å²) >= 11 is 0. The Kier molecular flexibility index (Phi) is 23.3. The third kappa shape index (κ3) is 17.9. The molecule has 6 heteroatoms. The Morgan fingerprint density at radius 1 is 0.474 bits per heavy atom. The van der Waals surface area contributed by atoms with Gasteiger partial charge in [0.2, 0.25) is 0 Å². The summed E-state index contributed by atoms with van der Waals surface area (Å²) in [7, 11) is 0. The summed E-state index contributed by atoms with van der Waals surface area (Å²) in [4.78, 5) is 8.28. The van der Waals surface area contributed by atoms with Gasteiger partial charge in [0.15, 0.2) is 0 Å². The van der Waals surface area contributed by atoms with Gasteiger partial charge in [0.25, 0.3) is 0 Å². The average Bonchev–Trinajstić information content (AvgIpc) is 2.83. The van der Waals surface area contributed by atoms with E-state index >= 15 is 0 Å². The molecule has 2 aliphatic carbocycles. The van der Waals surface area contributed by atoms with Gasteiger partial charge in [-0.2, -0.15) is 0 Å².